The van der Waals surface area contributed by atoms with Gasteiger partial charge in [-0.15, -0.1) is 11.3 Å². The summed E-state index contributed by atoms with van der Waals surface area (Å²) in [4.78, 5) is 3.95. The Kier molecular flexibility index (Phi) is 4.00. The van der Waals surface area contributed by atoms with E-state index in [-0.39, 0.29) is 0 Å². The lowest BCUT2D eigenvalue weighted by Crippen LogP contribution is -2.48. The zero-order valence-electron chi connectivity index (χ0n) is 10.4. The fourth-order valence-electron chi connectivity index (χ4n) is 2.22. The summed E-state index contributed by atoms with van der Waals surface area (Å²) in [6.45, 7) is 8.30. The van der Waals surface area contributed by atoms with Crippen LogP contribution in [0.3, 0.4) is 0 Å². The van der Waals surface area contributed by atoms with Gasteiger partial charge in [0, 0.05) is 17.5 Å². The average molecular weight is 238 g/mol. The molecule has 1 N–H and O–H groups in total. The quantitative estimate of drug-likeness (QED) is 0.848. The van der Waals surface area contributed by atoms with Crippen LogP contribution in [0.15, 0.2) is 17.5 Å². The molecule has 1 saturated heterocycles. The first-order chi connectivity index (χ1) is 7.68. The summed E-state index contributed by atoms with van der Waals surface area (Å²) in [5.74, 6) is 1.69. The fraction of sp³-hybridized carbons (Fsp3) is 0.692. The van der Waals surface area contributed by atoms with Gasteiger partial charge in [-0.25, -0.2) is 0 Å². The summed E-state index contributed by atoms with van der Waals surface area (Å²) in [6.07, 6.45) is 0. The Bertz CT molecular complexity index is 306. The second-order valence-electron chi connectivity index (χ2n) is 5.03. The van der Waals surface area contributed by atoms with Gasteiger partial charge in [-0.05, 0) is 50.3 Å². The van der Waals surface area contributed by atoms with Crippen molar-refractivity contribution in [2.75, 3.05) is 26.7 Å². The van der Waals surface area contributed by atoms with Crippen molar-refractivity contribution >= 4 is 11.3 Å². The number of nitrogens with zero attached hydrogens (tertiary/aromatic N) is 1. The van der Waals surface area contributed by atoms with Crippen LogP contribution in [0.4, 0.5) is 0 Å². The van der Waals surface area contributed by atoms with Crippen molar-refractivity contribution < 1.29 is 0 Å². The summed E-state index contributed by atoms with van der Waals surface area (Å²) in [5, 5.41) is 5.52. The number of thiophene rings is 1. The number of rotatable bonds is 5. The molecule has 1 aromatic heterocycles. The highest BCUT2D eigenvalue weighted by Gasteiger charge is 2.25. The van der Waals surface area contributed by atoms with Crippen molar-refractivity contribution in [3.8, 4) is 0 Å². The monoisotopic (exact) mass is 238 g/mol. The van der Waals surface area contributed by atoms with Crippen molar-refractivity contribution in [2.45, 2.75) is 19.9 Å². The molecule has 2 atom stereocenters. The molecular formula is C13H22N2S. The molecule has 1 aromatic rings. The van der Waals surface area contributed by atoms with E-state index in [4.69, 9.17) is 0 Å². The van der Waals surface area contributed by atoms with E-state index >= 15 is 0 Å². The largest absolute Gasteiger partial charge is 0.316 e. The van der Waals surface area contributed by atoms with Gasteiger partial charge in [-0.3, -0.25) is 4.90 Å². The van der Waals surface area contributed by atoms with E-state index in [1.165, 1.54) is 24.5 Å². The van der Waals surface area contributed by atoms with E-state index in [0.29, 0.717) is 6.04 Å². The molecule has 0 radical (unpaired) electrons. The van der Waals surface area contributed by atoms with Crippen molar-refractivity contribution in [3.05, 3.63) is 22.4 Å². The molecular weight excluding hydrogens is 216 g/mol. The molecule has 3 heteroatoms. The summed E-state index contributed by atoms with van der Waals surface area (Å²) in [5.41, 5.74) is 0. The Hall–Kier alpha value is -0.380. The van der Waals surface area contributed by atoms with Gasteiger partial charge < -0.3 is 5.32 Å². The van der Waals surface area contributed by atoms with E-state index < -0.39 is 0 Å². The molecule has 0 bridgehead atoms. The van der Waals surface area contributed by atoms with Crippen molar-refractivity contribution in [3.63, 3.8) is 0 Å². The third kappa shape index (κ3) is 2.65. The van der Waals surface area contributed by atoms with Gasteiger partial charge in [0.05, 0.1) is 0 Å². The summed E-state index contributed by atoms with van der Waals surface area (Å²) >= 11 is 1.86. The Labute approximate surface area is 103 Å². The minimum atomic E-state index is 0.551. The second kappa shape index (κ2) is 5.30. The molecule has 2 rings (SSSR count). The van der Waals surface area contributed by atoms with Gasteiger partial charge in [0.1, 0.15) is 0 Å². The SMILES string of the molecule is CC(CN(C)C(C)c1cccs1)C1CNC1. The highest BCUT2D eigenvalue weighted by atomic mass is 32.1. The van der Waals surface area contributed by atoms with Gasteiger partial charge >= 0.3 is 0 Å². The van der Waals surface area contributed by atoms with Gasteiger partial charge in [-0.1, -0.05) is 13.0 Å². The lowest BCUT2D eigenvalue weighted by Gasteiger charge is -2.36. The normalized spacial score (nSPS) is 20.8. The van der Waals surface area contributed by atoms with E-state index in [1.54, 1.807) is 0 Å². The zero-order valence-corrected chi connectivity index (χ0v) is 11.3. The molecule has 16 heavy (non-hydrogen) atoms. The van der Waals surface area contributed by atoms with Crippen LogP contribution in [-0.2, 0) is 0 Å². The Morgan fingerprint density at radius 2 is 2.25 bits per heavy atom. The predicted molar refractivity (Wildman–Crippen MR) is 70.9 cm³/mol. The second-order valence-corrected chi connectivity index (χ2v) is 6.01. The lowest BCUT2D eigenvalue weighted by atomic mass is 9.88. The first-order valence-corrected chi connectivity index (χ1v) is 7.01. The van der Waals surface area contributed by atoms with Gasteiger partial charge in [-0.2, -0.15) is 0 Å². The molecule has 0 saturated carbocycles. The molecule has 0 aromatic carbocycles. The first-order valence-electron chi connectivity index (χ1n) is 6.13. The number of nitrogens with one attached hydrogen (secondary N) is 1. The Morgan fingerprint density at radius 1 is 1.50 bits per heavy atom. The molecule has 0 aliphatic carbocycles. The molecule has 2 nitrogen and oxygen atoms in total. The van der Waals surface area contributed by atoms with E-state index in [0.717, 1.165) is 11.8 Å². The maximum Gasteiger partial charge on any atom is 0.0410 e. The van der Waals surface area contributed by atoms with Crippen LogP contribution in [0, 0.1) is 11.8 Å². The average Bonchev–Trinajstić information content (AvgIpc) is 2.65. The Morgan fingerprint density at radius 3 is 2.75 bits per heavy atom. The molecule has 0 amide bonds. The van der Waals surface area contributed by atoms with Crippen LogP contribution in [0.1, 0.15) is 24.8 Å². The highest BCUT2D eigenvalue weighted by Crippen LogP contribution is 2.25. The van der Waals surface area contributed by atoms with Crippen LogP contribution in [0.5, 0.6) is 0 Å². The molecule has 2 heterocycles. The van der Waals surface area contributed by atoms with E-state index in [2.05, 4.69) is 48.6 Å². The minimum absolute atomic E-state index is 0.551. The maximum absolute atomic E-state index is 3.36. The van der Waals surface area contributed by atoms with Crippen molar-refractivity contribution in [1.82, 2.24) is 10.2 Å². The van der Waals surface area contributed by atoms with E-state index in [9.17, 15) is 0 Å². The van der Waals surface area contributed by atoms with Crippen LogP contribution in [-0.4, -0.2) is 31.6 Å². The zero-order chi connectivity index (χ0) is 11.5. The maximum atomic E-state index is 3.36. The van der Waals surface area contributed by atoms with Crippen molar-refractivity contribution in [2.24, 2.45) is 11.8 Å². The molecule has 2 unspecified atom stereocenters. The van der Waals surface area contributed by atoms with Crippen LogP contribution < -0.4 is 5.32 Å². The molecule has 90 valence electrons. The van der Waals surface area contributed by atoms with Crippen LogP contribution in [0.2, 0.25) is 0 Å². The topological polar surface area (TPSA) is 15.3 Å². The third-order valence-corrected chi connectivity index (χ3v) is 4.85. The summed E-state index contributed by atoms with van der Waals surface area (Å²) in [7, 11) is 2.24. The van der Waals surface area contributed by atoms with E-state index in [1.807, 2.05) is 11.3 Å². The molecule has 1 fully saturated rings. The van der Waals surface area contributed by atoms with Crippen LogP contribution >= 0.6 is 11.3 Å². The third-order valence-electron chi connectivity index (χ3n) is 3.81. The fourth-order valence-corrected chi connectivity index (χ4v) is 3.07. The molecule has 0 spiro atoms. The highest BCUT2D eigenvalue weighted by molar-refractivity contribution is 7.10. The minimum Gasteiger partial charge on any atom is -0.316 e. The van der Waals surface area contributed by atoms with Crippen molar-refractivity contribution in [1.29, 1.82) is 0 Å². The smallest absolute Gasteiger partial charge is 0.0410 e. The Balaban J connectivity index is 1.84. The first kappa shape index (κ1) is 12.1. The van der Waals surface area contributed by atoms with Gasteiger partial charge in [0.2, 0.25) is 0 Å². The van der Waals surface area contributed by atoms with Gasteiger partial charge in [0.15, 0.2) is 0 Å². The number of hydrogen-bond donors (Lipinski definition) is 1. The van der Waals surface area contributed by atoms with Crippen LogP contribution in [0.25, 0.3) is 0 Å². The van der Waals surface area contributed by atoms with Gasteiger partial charge in [0.25, 0.3) is 0 Å². The molecule has 1 aliphatic rings. The lowest BCUT2D eigenvalue weighted by molar-refractivity contribution is 0.161. The summed E-state index contributed by atoms with van der Waals surface area (Å²) < 4.78 is 0. The molecule has 1 aliphatic heterocycles. The standard InChI is InChI=1S/C13H22N2S/c1-10(12-7-14-8-12)9-15(3)11(2)13-5-4-6-16-13/h4-6,10-12,14H,7-9H2,1-3H3. The number of hydrogen-bond acceptors (Lipinski definition) is 3. The predicted octanol–water partition coefficient (Wildman–Crippen LogP) is 2.60. The summed E-state index contributed by atoms with van der Waals surface area (Å²) in [6, 6.07) is 4.93.